The van der Waals surface area contributed by atoms with Crippen molar-refractivity contribution in [2.75, 3.05) is 6.54 Å². The van der Waals surface area contributed by atoms with E-state index in [1.54, 1.807) is 0 Å². The number of hydrogen-bond donors (Lipinski definition) is 1. The van der Waals surface area contributed by atoms with Gasteiger partial charge in [-0.2, -0.15) is 0 Å². The zero-order valence-electron chi connectivity index (χ0n) is 8.56. The van der Waals surface area contributed by atoms with Crippen LogP contribution >= 0.6 is 0 Å². The fourth-order valence-corrected chi connectivity index (χ4v) is 2.43. The first kappa shape index (κ1) is 9.79. The van der Waals surface area contributed by atoms with Gasteiger partial charge in [0.1, 0.15) is 0 Å². The molecule has 1 fully saturated rings. The molecule has 1 saturated heterocycles. The van der Waals surface area contributed by atoms with Crippen molar-refractivity contribution in [2.24, 2.45) is 11.8 Å². The Kier molecular flexibility index (Phi) is 3.33. The molecule has 1 aliphatic rings. The molecule has 3 unspecified atom stereocenters. The SMILES string of the molecule is C=C(C)C1CCNC(C)C1CC. The minimum absolute atomic E-state index is 0.672. The van der Waals surface area contributed by atoms with Gasteiger partial charge in [0.05, 0.1) is 0 Å². The Morgan fingerprint density at radius 1 is 1.58 bits per heavy atom. The first-order valence-electron chi connectivity index (χ1n) is 5.05. The summed E-state index contributed by atoms with van der Waals surface area (Å²) in [4.78, 5) is 0. The summed E-state index contributed by atoms with van der Waals surface area (Å²) in [6.45, 7) is 12.0. The summed E-state index contributed by atoms with van der Waals surface area (Å²) in [6, 6.07) is 0.672. The van der Waals surface area contributed by atoms with Gasteiger partial charge in [-0.15, -0.1) is 0 Å². The van der Waals surface area contributed by atoms with Crippen LogP contribution in [0.25, 0.3) is 0 Å². The number of nitrogens with one attached hydrogen (secondary N) is 1. The summed E-state index contributed by atoms with van der Waals surface area (Å²) < 4.78 is 0. The number of hydrogen-bond acceptors (Lipinski definition) is 1. The molecule has 70 valence electrons. The summed E-state index contributed by atoms with van der Waals surface area (Å²) in [5.74, 6) is 1.56. The first-order chi connectivity index (χ1) is 5.66. The third-order valence-corrected chi connectivity index (χ3v) is 3.19. The Balaban J connectivity index is 2.64. The molecular formula is C11H21N. The van der Waals surface area contributed by atoms with Gasteiger partial charge >= 0.3 is 0 Å². The van der Waals surface area contributed by atoms with Gasteiger partial charge in [-0.1, -0.05) is 25.5 Å². The van der Waals surface area contributed by atoms with Crippen molar-refractivity contribution in [3.05, 3.63) is 12.2 Å². The van der Waals surface area contributed by atoms with Gasteiger partial charge in [0.2, 0.25) is 0 Å². The van der Waals surface area contributed by atoms with Gasteiger partial charge in [0, 0.05) is 6.04 Å². The normalized spacial score (nSPS) is 36.4. The van der Waals surface area contributed by atoms with Crippen molar-refractivity contribution in [2.45, 2.75) is 39.7 Å². The summed E-state index contributed by atoms with van der Waals surface area (Å²) in [6.07, 6.45) is 2.55. The lowest BCUT2D eigenvalue weighted by atomic mass is 9.76. The predicted molar refractivity (Wildman–Crippen MR) is 54.2 cm³/mol. The summed E-state index contributed by atoms with van der Waals surface area (Å²) in [5, 5.41) is 3.53. The molecule has 1 nitrogen and oxygen atoms in total. The Hall–Kier alpha value is -0.300. The predicted octanol–water partition coefficient (Wildman–Crippen LogP) is 2.59. The number of piperidine rings is 1. The maximum absolute atomic E-state index is 4.08. The van der Waals surface area contributed by atoms with Gasteiger partial charge in [0.15, 0.2) is 0 Å². The smallest absolute Gasteiger partial charge is 0.00726 e. The second kappa shape index (κ2) is 4.08. The fourth-order valence-electron chi connectivity index (χ4n) is 2.43. The molecule has 1 heterocycles. The van der Waals surface area contributed by atoms with Crippen LogP contribution in [-0.2, 0) is 0 Å². The van der Waals surface area contributed by atoms with Crippen LogP contribution in [0, 0.1) is 11.8 Å². The fraction of sp³-hybridized carbons (Fsp3) is 0.818. The second-order valence-corrected chi connectivity index (χ2v) is 4.06. The average molecular weight is 167 g/mol. The highest BCUT2D eigenvalue weighted by molar-refractivity contribution is 5.03. The third kappa shape index (κ3) is 1.89. The van der Waals surface area contributed by atoms with Crippen LogP contribution in [0.1, 0.15) is 33.6 Å². The van der Waals surface area contributed by atoms with Gasteiger partial charge < -0.3 is 5.32 Å². The van der Waals surface area contributed by atoms with E-state index in [2.05, 4.69) is 32.7 Å². The van der Waals surface area contributed by atoms with Crippen molar-refractivity contribution in [3.8, 4) is 0 Å². The zero-order chi connectivity index (χ0) is 9.14. The van der Waals surface area contributed by atoms with E-state index in [0.29, 0.717) is 6.04 Å². The van der Waals surface area contributed by atoms with Crippen LogP contribution < -0.4 is 5.32 Å². The molecule has 0 aromatic rings. The highest BCUT2D eigenvalue weighted by Gasteiger charge is 2.28. The largest absolute Gasteiger partial charge is 0.314 e. The molecule has 3 atom stereocenters. The van der Waals surface area contributed by atoms with E-state index in [4.69, 9.17) is 0 Å². The molecule has 0 radical (unpaired) electrons. The molecule has 0 bridgehead atoms. The van der Waals surface area contributed by atoms with Crippen LogP contribution in [0.2, 0.25) is 0 Å². The van der Waals surface area contributed by atoms with E-state index in [-0.39, 0.29) is 0 Å². The first-order valence-corrected chi connectivity index (χ1v) is 5.05. The molecule has 1 aliphatic heterocycles. The molecule has 12 heavy (non-hydrogen) atoms. The Bertz CT molecular complexity index is 162. The average Bonchev–Trinajstić information content (AvgIpc) is 2.03. The Labute approximate surface area is 76.2 Å². The van der Waals surface area contributed by atoms with Crippen molar-refractivity contribution < 1.29 is 0 Å². The molecular weight excluding hydrogens is 146 g/mol. The van der Waals surface area contributed by atoms with Crippen LogP contribution in [0.4, 0.5) is 0 Å². The third-order valence-electron chi connectivity index (χ3n) is 3.19. The van der Waals surface area contributed by atoms with E-state index in [9.17, 15) is 0 Å². The lowest BCUT2D eigenvalue weighted by Gasteiger charge is -2.37. The molecule has 0 aromatic carbocycles. The Morgan fingerprint density at radius 2 is 2.25 bits per heavy atom. The van der Waals surface area contributed by atoms with E-state index in [0.717, 1.165) is 18.4 Å². The molecule has 0 amide bonds. The van der Waals surface area contributed by atoms with Crippen LogP contribution in [0.5, 0.6) is 0 Å². The molecule has 0 aliphatic carbocycles. The minimum atomic E-state index is 0.672. The molecule has 0 spiro atoms. The topological polar surface area (TPSA) is 12.0 Å². The zero-order valence-corrected chi connectivity index (χ0v) is 8.56. The molecule has 1 heteroatoms. The highest BCUT2D eigenvalue weighted by atomic mass is 14.9. The van der Waals surface area contributed by atoms with Gasteiger partial charge in [0.25, 0.3) is 0 Å². The molecule has 0 saturated carbocycles. The van der Waals surface area contributed by atoms with Crippen LogP contribution in [0.3, 0.4) is 0 Å². The quantitative estimate of drug-likeness (QED) is 0.623. The van der Waals surface area contributed by atoms with Crippen molar-refractivity contribution in [1.82, 2.24) is 5.32 Å². The van der Waals surface area contributed by atoms with Crippen molar-refractivity contribution >= 4 is 0 Å². The maximum Gasteiger partial charge on any atom is 0.00726 e. The standard InChI is InChI=1S/C11H21N/c1-5-10-9(4)12-7-6-11(10)8(2)3/h9-12H,2,5-7H2,1,3-4H3. The monoisotopic (exact) mass is 167 g/mol. The van der Waals surface area contributed by atoms with Crippen LogP contribution in [-0.4, -0.2) is 12.6 Å². The molecule has 1 rings (SSSR count). The lowest BCUT2D eigenvalue weighted by molar-refractivity contribution is 0.221. The number of rotatable bonds is 2. The van der Waals surface area contributed by atoms with E-state index in [1.807, 2.05) is 0 Å². The van der Waals surface area contributed by atoms with Gasteiger partial charge in [-0.3, -0.25) is 0 Å². The number of allylic oxidation sites excluding steroid dienone is 1. The lowest BCUT2D eigenvalue weighted by Crippen LogP contribution is -2.44. The van der Waals surface area contributed by atoms with E-state index < -0.39 is 0 Å². The summed E-state index contributed by atoms with van der Waals surface area (Å²) in [5.41, 5.74) is 1.37. The van der Waals surface area contributed by atoms with E-state index in [1.165, 1.54) is 18.4 Å². The summed E-state index contributed by atoms with van der Waals surface area (Å²) in [7, 11) is 0. The maximum atomic E-state index is 4.08. The van der Waals surface area contributed by atoms with Crippen molar-refractivity contribution in [3.63, 3.8) is 0 Å². The van der Waals surface area contributed by atoms with E-state index >= 15 is 0 Å². The van der Waals surface area contributed by atoms with Gasteiger partial charge in [-0.25, -0.2) is 0 Å². The second-order valence-electron chi connectivity index (χ2n) is 4.06. The molecule has 1 N–H and O–H groups in total. The minimum Gasteiger partial charge on any atom is -0.314 e. The molecule has 0 aromatic heterocycles. The Morgan fingerprint density at radius 3 is 2.67 bits per heavy atom. The highest BCUT2D eigenvalue weighted by Crippen LogP contribution is 2.31. The van der Waals surface area contributed by atoms with Crippen molar-refractivity contribution in [1.29, 1.82) is 0 Å². The summed E-state index contributed by atoms with van der Waals surface area (Å²) >= 11 is 0. The van der Waals surface area contributed by atoms with Gasteiger partial charge in [-0.05, 0) is 38.6 Å². The van der Waals surface area contributed by atoms with Crippen LogP contribution in [0.15, 0.2) is 12.2 Å².